The summed E-state index contributed by atoms with van der Waals surface area (Å²) < 4.78 is 10.7. The normalized spacial score (nSPS) is 12.4. The minimum atomic E-state index is -0.595. The quantitative estimate of drug-likeness (QED) is 0.698. The molecule has 1 atom stereocenters. The number of rotatable bonds is 6. The predicted molar refractivity (Wildman–Crippen MR) is 107 cm³/mol. The number of amides is 2. The highest BCUT2D eigenvalue weighted by molar-refractivity contribution is 7.99. The first kappa shape index (κ1) is 21.7. The van der Waals surface area contributed by atoms with Gasteiger partial charge in [0.1, 0.15) is 11.6 Å². The standard InChI is InChI=1S/C19H26N4O4S/c1-11-7-8-12(2)14(9-11)21-15(24)10-28-18-23-22-16(26-18)13(3)20-17(25)27-19(4,5)6/h7-9,13H,10H2,1-6H3,(H,20,25)(H,21,24)/t13-/m1/s1. The Hall–Kier alpha value is -2.55. The third-order valence-corrected chi connectivity index (χ3v) is 4.34. The maximum absolute atomic E-state index is 12.2. The van der Waals surface area contributed by atoms with Gasteiger partial charge in [0.15, 0.2) is 0 Å². The first-order valence-electron chi connectivity index (χ1n) is 8.86. The van der Waals surface area contributed by atoms with Crippen molar-refractivity contribution < 1.29 is 18.7 Å². The average molecular weight is 407 g/mol. The highest BCUT2D eigenvalue weighted by atomic mass is 32.2. The maximum atomic E-state index is 12.2. The number of anilines is 1. The van der Waals surface area contributed by atoms with Gasteiger partial charge in [-0.25, -0.2) is 4.79 Å². The minimum absolute atomic E-state index is 0.128. The molecule has 0 saturated carbocycles. The highest BCUT2D eigenvalue weighted by Gasteiger charge is 2.21. The summed E-state index contributed by atoms with van der Waals surface area (Å²) >= 11 is 1.13. The molecule has 8 nitrogen and oxygen atoms in total. The number of aryl methyl sites for hydroxylation is 2. The van der Waals surface area contributed by atoms with Gasteiger partial charge in [0.05, 0.1) is 5.75 Å². The van der Waals surface area contributed by atoms with Gasteiger partial charge >= 0.3 is 6.09 Å². The van der Waals surface area contributed by atoms with Gasteiger partial charge in [0, 0.05) is 5.69 Å². The van der Waals surface area contributed by atoms with Crippen LogP contribution in [0.2, 0.25) is 0 Å². The lowest BCUT2D eigenvalue weighted by molar-refractivity contribution is -0.113. The van der Waals surface area contributed by atoms with E-state index >= 15 is 0 Å². The number of ether oxygens (including phenoxy) is 1. The molecule has 0 fully saturated rings. The monoisotopic (exact) mass is 406 g/mol. The van der Waals surface area contributed by atoms with Crippen LogP contribution in [0.1, 0.15) is 50.8 Å². The molecule has 0 radical (unpaired) electrons. The van der Waals surface area contributed by atoms with Crippen LogP contribution >= 0.6 is 11.8 Å². The van der Waals surface area contributed by atoms with Gasteiger partial charge in [-0.3, -0.25) is 4.79 Å². The molecule has 0 aliphatic heterocycles. The van der Waals surface area contributed by atoms with Crippen LogP contribution in [0.3, 0.4) is 0 Å². The van der Waals surface area contributed by atoms with E-state index in [0.29, 0.717) is 0 Å². The van der Waals surface area contributed by atoms with Crippen molar-refractivity contribution in [1.82, 2.24) is 15.5 Å². The van der Waals surface area contributed by atoms with E-state index < -0.39 is 17.7 Å². The number of benzene rings is 1. The Labute approximate surface area is 168 Å². The molecule has 28 heavy (non-hydrogen) atoms. The first-order chi connectivity index (χ1) is 13.0. The Morgan fingerprint density at radius 2 is 1.96 bits per heavy atom. The van der Waals surface area contributed by atoms with Crippen molar-refractivity contribution in [1.29, 1.82) is 0 Å². The molecule has 0 spiro atoms. The van der Waals surface area contributed by atoms with E-state index in [1.165, 1.54) is 0 Å². The number of alkyl carbamates (subject to hydrolysis) is 1. The molecule has 0 aliphatic carbocycles. The first-order valence-corrected chi connectivity index (χ1v) is 9.85. The lowest BCUT2D eigenvalue weighted by atomic mass is 10.1. The van der Waals surface area contributed by atoms with Crippen molar-refractivity contribution in [3.63, 3.8) is 0 Å². The van der Waals surface area contributed by atoms with E-state index in [0.717, 1.165) is 28.6 Å². The lowest BCUT2D eigenvalue weighted by Gasteiger charge is -2.20. The second-order valence-electron chi connectivity index (χ2n) is 7.43. The summed E-state index contributed by atoms with van der Waals surface area (Å²) in [5.41, 5.74) is 2.25. The molecule has 0 bridgehead atoms. The van der Waals surface area contributed by atoms with E-state index in [1.54, 1.807) is 27.7 Å². The van der Waals surface area contributed by atoms with Crippen molar-refractivity contribution >= 4 is 29.4 Å². The van der Waals surface area contributed by atoms with Crippen molar-refractivity contribution in [2.45, 2.75) is 58.4 Å². The predicted octanol–water partition coefficient (Wildman–Crippen LogP) is 4.00. The van der Waals surface area contributed by atoms with Gasteiger partial charge in [-0.05, 0) is 58.7 Å². The number of aromatic nitrogens is 2. The maximum Gasteiger partial charge on any atom is 0.408 e. The summed E-state index contributed by atoms with van der Waals surface area (Å²) in [6, 6.07) is 5.36. The van der Waals surface area contributed by atoms with Crippen molar-refractivity contribution in [3.8, 4) is 0 Å². The summed E-state index contributed by atoms with van der Waals surface area (Å²) in [5.74, 6) is 0.199. The molecule has 1 aromatic heterocycles. The second-order valence-corrected chi connectivity index (χ2v) is 8.36. The SMILES string of the molecule is Cc1ccc(C)c(NC(=O)CSc2nnc([C@@H](C)NC(=O)OC(C)(C)C)o2)c1. The van der Waals surface area contributed by atoms with Crippen molar-refractivity contribution in [3.05, 3.63) is 35.2 Å². The largest absolute Gasteiger partial charge is 0.444 e. The summed E-state index contributed by atoms with van der Waals surface area (Å²) in [6.07, 6.45) is -0.569. The van der Waals surface area contributed by atoms with Crippen LogP contribution in [0.25, 0.3) is 0 Å². The molecule has 2 aromatic rings. The summed E-state index contributed by atoms with van der Waals surface area (Å²) in [5, 5.41) is 13.6. The van der Waals surface area contributed by atoms with Crippen LogP contribution in [0.4, 0.5) is 10.5 Å². The molecular weight excluding hydrogens is 380 g/mol. The number of hydrogen-bond acceptors (Lipinski definition) is 7. The van der Waals surface area contributed by atoms with Crippen LogP contribution in [-0.2, 0) is 9.53 Å². The van der Waals surface area contributed by atoms with Crippen LogP contribution in [-0.4, -0.2) is 33.6 Å². The molecule has 2 amide bonds. The molecule has 2 rings (SSSR count). The number of hydrogen-bond donors (Lipinski definition) is 2. The second kappa shape index (κ2) is 9.09. The van der Waals surface area contributed by atoms with Crippen LogP contribution in [0.5, 0.6) is 0 Å². The number of carbonyl (C=O) groups excluding carboxylic acids is 2. The third kappa shape index (κ3) is 6.88. The summed E-state index contributed by atoms with van der Waals surface area (Å²) in [7, 11) is 0. The molecule has 9 heteroatoms. The number of nitrogens with one attached hydrogen (secondary N) is 2. The van der Waals surface area contributed by atoms with Gasteiger partial charge in [0.25, 0.3) is 5.22 Å². The molecule has 0 saturated heterocycles. The minimum Gasteiger partial charge on any atom is -0.444 e. The van der Waals surface area contributed by atoms with Gasteiger partial charge in [-0.1, -0.05) is 23.9 Å². The molecule has 2 N–H and O–H groups in total. The van der Waals surface area contributed by atoms with Gasteiger partial charge in [-0.2, -0.15) is 0 Å². The van der Waals surface area contributed by atoms with E-state index in [1.807, 2.05) is 32.0 Å². The van der Waals surface area contributed by atoms with E-state index in [2.05, 4.69) is 20.8 Å². The van der Waals surface area contributed by atoms with Crippen LogP contribution in [0.15, 0.2) is 27.8 Å². The lowest BCUT2D eigenvalue weighted by Crippen LogP contribution is -2.34. The smallest absolute Gasteiger partial charge is 0.408 e. The summed E-state index contributed by atoms with van der Waals surface area (Å²) in [4.78, 5) is 24.0. The van der Waals surface area contributed by atoms with Crippen LogP contribution in [0, 0.1) is 13.8 Å². The molecule has 1 heterocycles. The van der Waals surface area contributed by atoms with Crippen LogP contribution < -0.4 is 10.6 Å². The van der Waals surface area contributed by atoms with E-state index in [-0.39, 0.29) is 22.8 Å². The Morgan fingerprint density at radius 1 is 1.25 bits per heavy atom. The average Bonchev–Trinajstić information content (AvgIpc) is 3.03. The van der Waals surface area contributed by atoms with Gasteiger partial charge in [-0.15, -0.1) is 10.2 Å². The Balaban J connectivity index is 1.86. The highest BCUT2D eigenvalue weighted by Crippen LogP contribution is 2.21. The van der Waals surface area contributed by atoms with E-state index in [9.17, 15) is 9.59 Å². The molecule has 1 aromatic carbocycles. The zero-order valence-corrected chi connectivity index (χ0v) is 17.8. The topological polar surface area (TPSA) is 106 Å². The molecular formula is C19H26N4O4S. The Kier molecular flexibility index (Phi) is 7.06. The fraction of sp³-hybridized carbons (Fsp3) is 0.474. The molecule has 0 aliphatic rings. The molecule has 152 valence electrons. The Bertz CT molecular complexity index is 845. The Morgan fingerprint density at radius 3 is 2.64 bits per heavy atom. The number of carbonyl (C=O) groups is 2. The zero-order chi connectivity index (χ0) is 20.9. The number of nitrogens with zero attached hydrogens (tertiary/aromatic N) is 2. The van der Waals surface area contributed by atoms with E-state index in [4.69, 9.17) is 9.15 Å². The van der Waals surface area contributed by atoms with Crippen molar-refractivity contribution in [2.24, 2.45) is 0 Å². The number of thioether (sulfide) groups is 1. The fourth-order valence-corrected chi connectivity index (χ4v) is 2.75. The van der Waals surface area contributed by atoms with Gasteiger partial charge < -0.3 is 19.8 Å². The summed E-state index contributed by atoms with van der Waals surface area (Å²) in [6.45, 7) is 11.0. The third-order valence-electron chi connectivity index (χ3n) is 3.52. The fourth-order valence-electron chi connectivity index (χ4n) is 2.18. The molecule has 0 unspecified atom stereocenters. The zero-order valence-electron chi connectivity index (χ0n) is 17.0. The van der Waals surface area contributed by atoms with Gasteiger partial charge in [0.2, 0.25) is 11.8 Å². The van der Waals surface area contributed by atoms with Crippen molar-refractivity contribution in [2.75, 3.05) is 11.1 Å².